The van der Waals surface area contributed by atoms with Crippen molar-refractivity contribution in [2.75, 3.05) is 16.8 Å². The van der Waals surface area contributed by atoms with Crippen molar-refractivity contribution in [1.29, 1.82) is 0 Å². The molecule has 0 spiro atoms. The maximum absolute atomic E-state index is 13.7. The molecule has 0 fully saturated rings. The van der Waals surface area contributed by atoms with Gasteiger partial charge in [-0.05, 0) is 72.7 Å². The van der Waals surface area contributed by atoms with Crippen molar-refractivity contribution in [3.63, 3.8) is 0 Å². The second-order valence-corrected chi connectivity index (χ2v) is 9.88. The molecule has 5 heteroatoms. The van der Waals surface area contributed by atoms with E-state index in [1.54, 1.807) is 18.2 Å². The van der Waals surface area contributed by atoms with Crippen LogP contribution < -0.4 is 15.0 Å². The quantitative estimate of drug-likeness (QED) is 0.426. The van der Waals surface area contributed by atoms with Gasteiger partial charge in [-0.2, -0.15) is 0 Å². The summed E-state index contributed by atoms with van der Waals surface area (Å²) in [7, 11) is 0. The Morgan fingerprint density at radius 1 is 0.857 bits per heavy atom. The van der Waals surface area contributed by atoms with Gasteiger partial charge in [0.25, 0.3) is 11.8 Å². The Balaban J connectivity index is 1.79. The fourth-order valence-corrected chi connectivity index (χ4v) is 4.12. The topological polar surface area (TPSA) is 58.6 Å². The Morgan fingerprint density at radius 2 is 1.57 bits per heavy atom. The van der Waals surface area contributed by atoms with Crippen LogP contribution in [-0.2, 0) is 15.0 Å². The summed E-state index contributed by atoms with van der Waals surface area (Å²) in [6.45, 7) is 12.9. The fourth-order valence-electron chi connectivity index (χ4n) is 4.12. The number of carbonyl (C=O) groups is 2. The van der Waals surface area contributed by atoms with Crippen LogP contribution in [-0.4, -0.2) is 18.4 Å². The number of ether oxygens (including phenoxy) is 1. The van der Waals surface area contributed by atoms with Crippen molar-refractivity contribution >= 4 is 28.8 Å². The monoisotopic (exact) mass is 468 g/mol. The van der Waals surface area contributed by atoms with Crippen LogP contribution in [0, 0.1) is 13.8 Å². The van der Waals surface area contributed by atoms with Crippen molar-refractivity contribution in [3.8, 4) is 5.75 Å². The van der Waals surface area contributed by atoms with Gasteiger partial charge in [0.2, 0.25) is 0 Å². The van der Waals surface area contributed by atoms with E-state index in [9.17, 15) is 9.59 Å². The highest BCUT2D eigenvalue weighted by Gasteiger charge is 2.40. The van der Waals surface area contributed by atoms with E-state index < -0.39 is 5.91 Å². The molecule has 180 valence electrons. The lowest BCUT2D eigenvalue weighted by Gasteiger charge is -2.19. The van der Waals surface area contributed by atoms with Crippen LogP contribution in [0.1, 0.15) is 49.9 Å². The normalized spacial score (nSPS) is 14.1. The number of rotatable bonds is 6. The van der Waals surface area contributed by atoms with Crippen molar-refractivity contribution in [2.45, 2.75) is 47.0 Å². The highest BCUT2D eigenvalue weighted by molar-refractivity contribution is 6.46. The van der Waals surface area contributed by atoms with E-state index in [0.29, 0.717) is 29.2 Å². The lowest BCUT2D eigenvalue weighted by atomic mass is 9.87. The average molecular weight is 469 g/mol. The molecule has 1 N–H and O–H groups in total. The first-order valence-corrected chi connectivity index (χ1v) is 11.9. The summed E-state index contributed by atoms with van der Waals surface area (Å²) in [4.78, 5) is 28.7. The maximum Gasteiger partial charge on any atom is 0.282 e. The van der Waals surface area contributed by atoms with Gasteiger partial charge >= 0.3 is 0 Å². The Bertz CT molecular complexity index is 1310. The number of carbonyl (C=O) groups excluding carboxylic acids is 2. The minimum absolute atomic E-state index is 0.0178. The lowest BCUT2D eigenvalue weighted by Crippen LogP contribution is -2.32. The molecule has 0 atom stereocenters. The maximum atomic E-state index is 13.7. The number of hydrogen-bond donors (Lipinski definition) is 1. The second-order valence-electron chi connectivity index (χ2n) is 9.88. The number of imide groups is 1. The molecule has 35 heavy (non-hydrogen) atoms. The smallest absolute Gasteiger partial charge is 0.282 e. The van der Waals surface area contributed by atoms with Crippen molar-refractivity contribution in [2.24, 2.45) is 0 Å². The molecule has 0 unspecified atom stereocenters. The summed E-state index contributed by atoms with van der Waals surface area (Å²) in [6.07, 6.45) is 0. The fraction of sp³-hybridized carbons (Fsp3) is 0.267. The van der Waals surface area contributed by atoms with Gasteiger partial charge in [-0.25, -0.2) is 4.90 Å². The van der Waals surface area contributed by atoms with Gasteiger partial charge in [0.15, 0.2) is 0 Å². The predicted octanol–water partition coefficient (Wildman–Crippen LogP) is 6.40. The number of anilines is 2. The molecule has 4 rings (SSSR count). The molecular formula is C30H32N2O3. The molecular weight excluding hydrogens is 436 g/mol. The summed E-state index contributed by atoms with van der Waals surface area (Å²) < 4.78 is 5.60. The molecule has 3 aromatic carbocycles. The molecule has 0 bridgehead atoms. The van der Waals surface area contributed by atoms with Crippen LogP contribution in [0.15, 0.2) is 72.4 Å². The van der Waals surface area contributed by atoms with Gasteiger partial charge < -0.3 is 10.1 Å². The van der Waals surface area contributed by atoms with Crippen LogP contribution in [0.3, 0.4) is 0 Å². The minimum Gasteiger partial charge on any atom is -0.494 e. The highest BCUT2D eigenvalue weighted by Crippen LogP contribution is 2.36. The Kier molecular flexibility index (Phi) is 6.53. The standard InChI is InChI=1S/C30H32N2O3/c1-7-35-25-10-8-9-24(18-25)32-28(33)26(21-12-11-19(2)20(3)17-21)27(29(32)34)31-23-15-13-22(14-16-23)30(4,5)6/h8-18,31H,7H2,1-6H3. The largest absolute Gasteiger partial charge is 0.494 e. The lowest BCUT2D eigenvalue weighted by molar-refractivity contribution is -0.120. The zero-order valence-electron chi connectivity index (χ0n) is 21.2. The van der Waals surface area contributed by atoms with E-state index in [1.165, 1.54) is 10.5 Å². The van der Waals surface area contributed by atoms with E-state index in [4.69, 9.17) is 4.74 Å². The molecule has 1 heterocycles. The van der Waals surface area contributed by atoms with Gasteiger partial charge in [0, 0.05) is 11.8 Å². The summed E-state index contributed by atoms with van der Waals surface area (Å²) in [5.41, 5.74) is 5.96. The number of nitrogens with zero attached hydrogens (tertiary/aromatic N) is 1. The van der Waals surface area contributed by atoms with Gasteiger partial charge in [0.1, 0.15) is 11.4 Å². The van der Waals surface area contributed by atoms with Crippen LogP contribution >= 0.6 is 0 Å². The number of benzene rings is 3. The molecule has 3 aromatic rings. The van der Waals surface area contributed by atoms with E-state index >= 15 is 0 Å². The molecule has 1 aliphatic heterocycles. The third kappa shape index (κ3) is 4.85. The highest BCUT2D eigenvalue weighted by atomic mass is 16.5. The predicted molar refractivity (Wildman–Crippen MR) is 142 cm³/mol. The Morgan fingerprint density at radius 3 is 2.20 bits per heavy atom. The minimum atomic E-state index is -0.392. The molecule has 1 aliphatic rings. The van der Waals surface area contributed by atoms with Crippen LogP contribution in [0.4, 0.5) is 11.4 Å². The van der Waals surface area contributed by atoms with E-state index in [2.05, 4.69) is 26.1 Å². The van der Waals surface area contributed by atoms with Gasteiger partial charge in [-0.3, -0.25) is 9.59 Å². The van der Waals surface area contributed by atoms with Crippen LogP contribution in [0.5, 0.6) is 5.75 Å². The van der Waals surface area contributed by atoms with Crippen molar-refractivity contribution < 1.29 is 14.3 Å². The summed E-state index contributed by atoms with van der Waals surface area (Å²) >= 11 is 0. The van der Waals surface area contributed by atoms with E-state index in [-0.39, 0.29) is 17.0 Å². The molecule has 0 aliphatic carbocycles. The van der Waals surface area contributed by atoms with Crippen molar-refractivity contribution in [3.05, 3.63) is 94.7 Å². The second kappa shape index (κ2) is 9.41. The van der Waals surface area contributed by atoms with Gasteiger partial charge in [-0.1, -0.05) is 57.2 Å². The average Bonchev–Trinajstić information content (AvgIpc) is 3.05. The van der Waals surface area contributed by atoms with Gasteiger partial charge in [-0.15, -0.1) is 0 Å². The zero-order chi connectivity index (χ0) is 25.3. The Labute approximate surface area is 207 Å². The van der Waals surface area contributed by atoms with Crippen molar-refractivity contribution in [1.82, 2.24) is 0 Å². The Hall–Kier alpha value is -3.86. The summed E-state index contributed by atoms with van der Waals surface area (Å²) in [5, 5.41) is 3.26. The van der Waals surface area contributed by atoms with Crippen LogP contribution in [0.2, 0.25) is 0 Å². The SMILES string of the molecule is CCOc1cccc(N2C(=O)C(Nc3ccc(C(C)(C)C)cc3)=C(c3ccc(C)c(C)c3)C2=O)c1. The summed E-state index contributed by atoms with van der Waals surface area (Å²) in [5.74, 6) is -0.144. The molecule has 0 saturated carbocycles. The van der Waals surface area contributed by atoms with Gasteiger partial charge in [0.05, 0.1) is 17.9 Å². The number of aryl methyl sites for hydroxylation is 2. The molecule has 0 aromatic heterocycles. The molecule has 2 amide bonds. The zero-order valence-corrected chi connectivity index (χ0v) is 21.2. The van der Waals surface area contributed by atoms with E-state index in [0.717, 1.165) is 16.8 Å². The first kappa shape index (κ1) is 24.3. The third-order valence-electron chi connectivity index (χ3n) is 6.29. The summed E-state index contributed by atoms with van der Waals surface area (Å²) in [6, 6.07) is 20.9. The number of amides is 2. The number of hydrogen-bond acceptors (Lipinski definition) is 4. The van der Waals surface area contributed by atoms with E-state index in [1.807, 2.05) is 69.3 Å². The molecule has 0 radical (unpaired) electrons. The first-order chi connectivity index (χ1) is 16.6. The third-order valence-corrected chi connectivity index (χ3v) is 6.29. The first-order valence-electron chi connectivity index (χ1n) is 11.9. The molecule has 0 saturated heterocycles. The molecule has 5 nitrogen and oxygen atoms in total. The van der Waals surface area contributed by atoms with Crippen LogP contribution in [0.25, 0.3) is 5.57 Å². The number of nitrogens with one attached hydrogen (secondary N) is 1.